The van der Waals surface area contributed by atoms with Crippen molar-refractivity contribution < 1.29 is 9.59 Å². The van der Waals surface area contributed by atoms with E-state index in [0.29, 0.717) is 26.6 Å². The Balaban J connectivity index is 1.74. The molecule has 0 saturated carbocycles. The van der Waals surface area contributed by atoms with E-state index in [1.165, 1.54) is 23.5 Å². The Morgan fingerprint density at radius 1 is 1.03 bits per heavy atom. The molecule has 0 radical (unpaired) electrons. The van der Waals surface area contributed by atoms with Gasteiger partial charge in [-0.05, 0) is 36.2 Å². The smallest absolute Gasteiger partial charge is 0.253 e. The second kappa shape index (κ2) is 10.4. The van der Waals surface area contributed by atoms with E-state index in [1.807, 2.05) is 26.0 Å². The minimum Gasteiger partial charge on any atom is -0.340 e. The molecule has 0 aliphatic carbocycles. The molecule has 2 aromatic carbocycles. The number of anilines is 1. The Morgan fingerprint density at radius 3 is 2.35 bits per heavy atom. The van der Waals surface area contributed by atoms with Crippen LogP contribution in [0.25, 0.3) is 10.6 Å². The van der Waals surface area contributed by atoms with Crippen molar-refractivity contribution in [2.24, 2.45) is 5.92 Å². The van der Waals surface area contributed by atoms with Crippen molar-refractivity contribution in [2.75, 3.05) is 5.32 Å². The second-order valence-corrected chi connectivity index (χ2v) is 9.13. The maximum absolute atomic E-state index is 13.0. The Labute approximate surface area is 198 Å². The Kier molecular flexibility index (Phi) is 7.89. The van der Waals surface area contributed by atoms with Crippen LogP contribution in [0.2, 0.25) is 15.1 Å². The highest BCUT2D eigenvalue weighted by atomic mass is 35.5. The maximum Gasteiger partial charge on any atom is 0.253 e. The van der Waals surface area contributed by atoms with Gasteiger partial charge in [0.05, 0.1) is 10.6 Å². The molecular weight excluding hydrogens is 479 g/mol. The number of hydrogen-bond donors (Lipinski definition) is 2. The molecule has 31 heavy (non-hydrogen) atoms. The maximum atomic E-state index is 13.0. The van der Waals surface area contributed by atoms with E-state index in [0.717, 1.165) is 5.56 Å². The van der Waals surface area contributed by atoms with Gasteiger partial charge in [0.1, 0.15) is 11.0 Å². The summed E-state index contributed by atoms with van der Waals surface area (Å²) in [6.07, 6.45) is 0.679. The minimum atomic E-state index is -0.785. The van der Waals surface area contributed by atoms with Gasteiger partial charge in [0.25, 0.3) is 5.91 Å². The summed E-state index contributed by atoms with van der Waals surface area (Å²) in [5.74, 6) is -0.966. The third-order valence-corrected chi connectivity index (χ3v) is 6.39. The van der Waals surface area contributed by atoms with Crippen molar-refractivity contribution in [3.8, 4) is 10.6 Å². The third kappa shape index (κ3) is 5.95. The predicted octanol–water partition coefficient (Wildman–Crippen LogP) is 5.95. The van der Waals surface area contributed by atoms with E-state index in [2.05, 4.69) is 20.8 Å². The molecule has 2 atom stereocenters. The zero-order valence-electron chi connectivity index (χ0n) is 16.7. The predicted molar refractivity (Wildman–Crippen MR) is 126 cm³/mol. The fourth-order valence-corrected chi connectivity index (χ4v) is 4.13. The zero-order chi connectivity index (χ0) is 22.5. The summed E-state index contributed by atoms with van der Waals surface area (Å²) in [6.45, 7) is 3.82. The van der Waals surface area contributed by atoms with E-state index in [-0.39, 0.29) is 22.4 Å². The first-order valence-corrected chi connectivity index (χ1v) is 11.4. The highest BCUT2D eigenvalue weighted by Crippen LogP contribution is 2.28. The standard InChI is InChI=1S/C21H19Cl3N4O2S/c1-3-11(2)17(25-18(29)15-9-8-14(23)10-16(15)24)19(30)26-21-28-27-20(31-21)12-4-6-13(22)7-5-12/h4-11,17H,3H2,1-2H3,(H,25,29)(H,26,28,30)/t11-,17+/m0/s1. The molecule has 1 heterocycles. The average Bonchev–Trinajstić information content (AvgIpc) is 3.20. The number of amides is 2. The van der Waals surface area contributed by atoms with Gasteiger partial charge in [-0.1, -0.05) is 78.5 Å². The molecular formula is C21H19Cl3N4O2S. The Morgan fingerprint density at radius 2 is 1.71 bits per heavy atom. The number of rotatable bonds is 7. The lowest BCUT2D eigenvalue weighted by Gasteiger charge is -2.23. The van der Waals surface area contributed by atoms with Crippen molar-refractivity contribution in [1.29, 1.82) is 0 Å². The third-order valence-electron chi connectivity index (χ3n) is 4.70. The van der Waals surface area contributed by atoms with Crippen LogP contribution in [-0.2, 0) is 4.79 Å². The van der Waals surface area contributed by atoms with Crippen LogP contribution in [0.1, 0.15) is 30.6 Å². The summed E-state index contributed by atoms with van der Waals surface area (Å²) in [4.78, 5) is 25.7. The number of aromatic nitrogens is 2. The van der Waals surface area contributed by atoms with Crippen LogP contribution < -0.4 is 10.6 Å². The molecule has 2 N–H and O–H groups in total. The molecule has 162 valence electrons. The van der Waals surface area contributed by atoms with Crippen LogP contribution in [0.3, 0.4) is 0 Å². The number of hydrogen-bond acceptors (Lipinski definition) is 5. The fraction of sp³-hybridized carbons (Fsp3) is 0.238. The van der Waals surface area contributed by atoms with Crippen LogP contribution in [0.4, 0.5) is 5.13 Å². The molecule has 3 rings (SSSR count). The molecule has 3 aromatic rings. The summed E-state index contributed by atoms with van der Waals surface area (Å²) in [5.41, 5.74) is 1.08. The molecule has 6 nitrogen and oxygen atoms in total. The van der Waals surface area contributed by atoms with Gasteiger partial charge >= 0.3 is 0 Å². The number of benzene rings is 2. The van der Waals surface area contributed by atoms with Crippen LogP contribution in [0, 0.1) is 5.92 Å². The molecule has 0 bridgehead atoms. The molecule has 0 fully saturated rings. The van der Waals surface area contributed by atoms with Gasteiger partial charge in [0, 0.05) is 15.6 Å². The lowest BCUT2D eigenvalue weighted by molar-refractivity contribution is -0.119. The number of carbonyl (C=O) groups excluding carboxylic acids is 2. The number of nitrogens with zero attached hydrogens (tertiary/aromatic N) is 2. The summed E-state index contributed by atoms with van der Waals surface area (Å²) in [5, 5.41) is 15.9. The average molecular weight is 498 g/mol. The molecule has 10 heteroatoms. The van der Waals surface area contributed by atoms with Gasteiger partial charge in [-0.15, -0.1) is 10.2 Å². The fourth-order valence-electron chi connectivity index (χ4n) is 2.76. The van der Waals surface area contributed by atoms with E-state index in [9.17, 15) is 9.59 Å². The molecule has 0 aliphatic heterocycles. The molecule has 2 amide bonds. The molecule has 0 unspecified atom stereocenters. The summed E-state index contributed by atoms with van der Waals surface area (Å²) >= 11 is 19.2. The lowest BCUT2D eigenvalue weighted by atomic mass is 9.98. The van der Waals surface area contributed by atoms with Crippen molar-refractivity contribution >= 4 is 63.1 Å². The summed E-state index contributed by atoms with van der Waals surface area (Å²) in [6, 6.07) is 11.0. The SMILES string of the molecule is CC[C@H](C)[C@@H](NC(=O)c1ccc(Cl)cc1Cl)C(=O)Nc1nnc(-c2ccc(Cl)cc2)s1. The normalized spacial score (nSPS) is 12.8. The summed E-state index contributed by atoms with van der Waals surface area (Å²) < 4.78 is 0. The van der Waals surface area contributed by atoms with Crippen LogP contribution in [0.15, 0.2) is 42.5 Å². The summed E-state index contributed by atoms with van der Waals surface area (Å²) in [7, 11) is 0. The lowest BCUT2D eigenvalue weighted by Crippen LogP contribution is -2.47. The Hall–Kier alpha value is -2.19. The minimum absolute atomic E-state index is 0.126. The number of carbonyl (C=O) groups is 2. The van der Waals surface area contributed by atoms with Crippen molar-refractivity contribution in [3.05, 3.63) is 63.1 Å². The van der Waals surface area contributed by atoms with Crippen molar-refractivity contribution in [2.45, 2.75) is 26.3 Å². The molecule has 0 saturated heterocycles. The van der Waals surface area contributed by atoms with Crippen molar-refractivity contribution in [3.63, 3.8) is 0 Å². The second-order valence-electron chi connectivity index (χ2n) is 6.87. The van der Waals surface area contributed by atoms with Crippen molar-refractivity contribution in [1.82, 2.24) is 15.5 Å². The largest absolute Gasteiger partial charge is 0.340 e. The van der Waals surface area contributed by atoms with Gasteiger partial charge in [-0.25, -0.2) is 0 Å². The van der Waals surface area contributed by atoms with Gasteiger partial charge in [-0.2, -0.15) is 0 Å². The van der Waals surface area contributed by atoms with E-state index in [1.54, 1.807) is 18.2 Å². The first-order chi connectivity index (χ1) is 14.8. The van der Waals surface area contributed by atoms with E-state index in [4.69, 9.17) is 34.8 Å². The quantitative estimate of drug-likeness (QED) is 0.422. The highest BCUT2D eigenvalue weighted by Gasteiger charge is 2.28. The first-order valence-electron chi connectivity index (χ1n) is 9.44. The highest BCUT2D eigenvalue weighted by molar-refractivity contribution is 7.18. The number of nitrogens with one attached hydrogen (secondary N) is 2. The first kappa shape index (κ1) is 23.5. The van der Waals surface area contributed by atoms with Crippen LogP contribution in [-0.4, -0.2) is 28.1 Å². The van der Waals surface area contributed by atoms with Gasteiger partial charge in [0.2, 0.25) is 11.0 Å². The molecule has 0 aliphatic rings. The molecule has 1 aromatic heterocycles. The topological polar surface area (TPSA) is 84.0 Å². The Bertz CT molecular complexity index is 1090. The van der Waals surface area contributed by atoms with E-state index < -0.39 is 11.9 Å². The van der Waals surface area contributed by atoms with Crippen LogP contribution >= 0.6 is 46.1 Å². The van der Waals surface area contributed by atoms with Gasteiger partial charge in [-0.3, -0.25) is 14.9 Å². The monoisotopic (exact) mass is 496 g/mol. The van der Waals surface area contributed by atoms with Crippen LogP contribution in [0.5, 0.6) is 0 Å². The van der Waals surface area contributed by atoms with E-state index >= 15 is 0 Å². The van der Waals surface area contributed by atoms with Gasteiger partial charge in [0.15, 0.2) is 0 Å². The number of halogens is 3. The molecule has 0 spiro atoms. The van der Waals surface area contributed by atoms with Gasteiger partial charge < -0.3 is 5.32 Å². The zero-order valence-corrected chi connectivity index (χ0v) is 19.7.